The summed E-state index contributed by atoms with van der Waals surface area (Å²) in [6.07, 6.45) is 2.73. The molecule has 4 aromatic rings. The normalized spacial score (nSPS) is 14.1. The van der Waals surface area contributed by atoms with Gasteiger partial charge in [0.05, 0.1) is 24.2 Å². The number of nitrogens with two attached hydrogens (primary N) is 4. The van der Waals surface area contributed by atoms with Gasteiger partial charge in [-0.2, -0.15) is 0 Å². The number of carboxylic acid groups (broad SMARTS) is 1. The molecule has 89 heavy (non-hydrogen) atoms. The molecule has 0 saturated heterocycles. The predicted octanol–water partition coefficient (Wildman–Crippen LogP) is 7.97. The zero-order valence-electron chi connectivity index (χ0n) is 53.0. The number of aliphatic carboxylic acids is 1. The maximum Gasteiger partial charge on any atom is 0.326 e. The number of carboxylic acids is 1. The number of carbonyl (C=O) groups is 9. The molecule has 0 saturated carbocycles. The van der Waals surface area contributed by atoms with Crippen molar-refractivity contribution < 1.29 is 48.3 Å². The van der Waals surface area contributed by atoms with E-state index >= 15 is 0 Å². The standard InChI is InChI=1S/C68H96N8O10.C2H6.CH4/c1-45(2)35-58(75-66(83)53(37-47-21-9-5-10-22-47)43-60(77)55(71)39-49-25-13-7-14-26-49)62(79)41-51(29-19-32-69)64(81)73-34-18-17-31-57(68(85)86)74-65(82)52(30-20-33-70)42-63(80)59(36-46(3)4)76-67(84)54(38-48-23-11-6-12-24-48)44-61(78)56(72)40-50-27-15-8-16-28-50;1-2;/h5-16,21-28,45-46,51-59H,17-20,29-44,69-72H2,1-4H3,(H,73,81)(H,74,82)(H,75,83)(H,76,84)(H,85,86);1-2H3;1H4/t51-,52-,53-,54-,55+,56+,57-,58+,59+;;/m0../s1. The molecular weight excluding hydrogens is 1120 g/mol. The van der Waals surface area contributed by atoms with E-state index in [1.165, 1.54) is 0 Å². The molecule has 18 nitrogen and oxygen atoms in total. The average molecular weight is 1230 g/mol. The fourth-order valence-corrected chi connectivity index (χ4v) is 10.7. The number of benzene rings is 4. The zero-order valence-corrected chi connectivity index (χ0v) is 53.0. The highest BCUT2D eigenvalue weighted by molar-refractivity contribution is 5.96. The van der Waals surface area contributed by atoms with Crippen LogP contribution in [0.3, 0.4) is 0 Å². The molecule has 0 heterocycles. The molecular formula is C71H106N8O10. The lowest BCUT2D eigenvalue weighted by Crippen LogP contribution is -2.48. The quantitative estimate of drug-likeness (QED) is 0.0190. The zero-order chi connectivity index (χ0) is 65.0. The SMILES string of the molecule is C.CC.CC(C)C[C@@H](NC(=O)[C@H](CC(=O)[C@H](N)Cc1ccccc1)Cc1ccccc1)C(=O)C[C@H](CCCN)C(=O)NCCCC[C@H](NC(=O)[C@@H](CCCN)CC(=O)[C@@H](CC(C)C)NC(=O)[C@H](CC(=O)[C@H](N)Cc1ccccc1)Cc1ccccc1)C(=O)O. The van der Waals surface area contributed by atoms with Crippen LogP contribution in [0.25, 0.3) is 0 Å². The fraction of sp³-hybridized carbons (Fsp3) is 0.535. The van der Waals surface area contributed by atoms with Crippen LogP contribution in [0.1, 0.15) is 155 Å². The minimum Gasteiger partial charge on any atom is -0.480 e. The van der Waals surface area contributed by atoms with E-state index in [0.29, 0.717) is 44.9 Å². The Morgan fingerprint density at radius 1 is 0.404 bits per heavy atom. The molecule has 0 radical (unpaired) electrons. The number of amides is 4. The Kier molecular flexibility index (Phi) is 38.0. The monoisotopic (exact) mass is 1230 g/mol. The van der Waals surface area contributed by atoms with Crippen molar-refractivity contribution in [1.82, 2.24) is 21.3 Å². The van der Waals surface area contributed by atoms with Crippen molar-refractivity contribution in [2.75, 3.05) is 19.6 Å². The van der Waals surface area contributed by atoms with Gasteiger partial charge >= 0.3 is 5.97 Å². The van der Waals surface area contributed by atoms with Crippen molar-refractivity contribution in [1.29, 1.82) is 0 Å². The molecule has 0 aromatic heterocycles. The smallest absolute Gasteiger partial charge is 0.326 e. The van der Waals surface area contributed by atoms with E-state index in [9.17, 15) is 48.3 Å². The van der Waals surface area contributed by atoms with Gasteiger partial charge in [0.1, 0.15) is 6.04 Å². The Labute approximate surface area is 530 Å². The Morgan fingerprint density at radius 3 is 1.06 bits per heavy atom. The van der Waals surface area contributed by atoms with Gasteiger partial charge in [-0.05, 0) is 131 Å². The fourth-order valence-electron chi connectivity index (χ4n) is 10.7. The van der Waals surface area contributed by atoms with Crippen LogP contribution in [-0.2, 0) is 68.8 Å². The summed E-state index contributed by atoms with van der Waals surface area (Å²) in [5.74, 6) is -8.09. The Balaban J connectivity index is 0.00000890. The first-order valence-corrected chi connectivity index (χ1v) is 31.8. The van der Waals surface area contributed by atoms with Crippen molar-refractivity contribution in [2.24, 2.45) is 58.4 Å². The summed E-state index contributed by atoms with van der Waals surface area (Å²) in [6, 6.07) is 32.3. The molecule has 13 N–H and O–H groups in total. The lowest BCUT2D eigenvalue weighted by Gasteiger charge is -2.26. The van der Waals surface area contributed by atoms with Gasteiger partial charge in [-0.3, -0.25) is 38.4 Å². The van der Waals surface area contributed by atoms with E-state index in [-0.39, 0.29) is 120 Å². The van der Waals surface area contributed by atoms with Crippen LogP contribution < -0.4 is 44.2 Å². The third-order valence-electron chi connectivity index (χ3n) is 15.5. The molecule has 0 aliphatic rings. The van der Waals surface area contributed by atoms with Gasteiger partial charge in [0.2, 0.25) is 23.6 Å². The highest BCUT2D eigenvalue weighted by atomic mass is 16.4. The molecule has 0 fully saturated rings. The first-order chi connectivity index (χ1) is 42.2. The minimum atomic E-state index is -1.33. The second-order valence-electron chi connectivity index (χ2n) is 23.9. The predicted molar refractivity (Wildman–Crippen MR) is 353 cm³/mol. The van der Waals surface area contributed by atoms with Gasteiger partial charge in [-0.1, -0.05) is 170 Å². The molecule has 4 rings (SSSR count). The van der Waals surface area contributed by atoms with E-state index in [1.54, 1.807) is 0 Å². The lowest BCUT2D eigenvalue weighted by atomic mass is 9.88. The highest BCUT2D eigenvalue weighted by Gasteiger charge is 2.35. The van der Waals surface area contributed by atoms with Gasteiger partial charge < -0.3 is 49.3 Å². The first-order valence-electron chi connectivity index (χ1n) is 31.8. The second kappa shape index (κ2) is 43.4. The van der Waals surface area contributed by atoms with E-state index in [4.69, 9.17) is 22.9 Å². The largest absolute Gasteiger partial charge is 0.480 e. The molecule has 490 valence electrons. The molecule has 0 spiro atoms. The van der Waals surface area contributed by atoms with E-state index in [2.05, 4.69) is 21.3 Å². The van der Waals surface area contributed by atoms with Crippen molar-refractivity contribution in [3.05, 3.63) is 144 Å². The van der Waals surface area contributed by atoms with Crippen molar-refractivity contribution >= 4 is 52.7 Å². The average Bonchev–Trinajstić information content (AvgIpc) is 3.58. The number of nitrogens with one attached hydrogen (secondary N) is 4. The van der Waals surface area contributed by atoms with Crippen molar-refractivity contribution in [3.8, 4) is 0 Å². The highest BCUT2D eigenvalue weighted by Crippen LogP contribution is 2.23. The number of ketones is 4. The Hall–Kier alpha value is -7.25. The van der Waals surface area contributed by atoms with Gasteiger partial charge in [0.25, 0.3) is 0 Å². The van der Waals surface area contributed by atoms with Crippen LogP contribution in [-0.4, -0.2) is 108 Å². The van der Waals surface area contributed by atoms with Crippen molar-refractivity contribution in [2.45, 2.75) is 188 Å². The molecule has 0 bridgehead atoms. The minimum absolute atomic E-state index is 0. The molecule has 4 aromatic carbocycles. The molecule has 18 heteroatoms. The molecule has 4 amide bonds. The van der Waals surface area contributed by atoms with E-state index < -0.39 is 89.3 Å². The summed E-state index contributed by atoms with van der Waals surface area (Å²) in [7, 11) is 0. The number of rotatable bonds is 43. The number of hydrogen-bond donors (Lipinski definition) is 9. The van der Waals surface area contributed by atoms with E-state index in [0.717, 1.165) is 22.3 Å². The summed E-state index contributed by atoms with van der Waals surface area (Å²) in [5.41, 5.74) is 27.9. The van der Waals surface area contributed by atoms with Crippen LogP contribution in [0.5, 0.6) is 0 Å². The number of unbranched alkanes of at least 4 members (excludes halogenated alkanes) is 1. The summed E-state index contributed by atoms with van der Waals surface area (Å²) < 4.78 is 0. The number of carbonyl (C=O) groups excluding carboxylic acids is 8. The van der Waals surface area contributed by atoms with Gasteiger partial charge in [-0.25, -0.2) is 4.79 Å². The molecule has 0 unspecified atom stereocenters. The maximum absolute atomic E-state index is 14.3. The third kappa shape index (κ3) is 30.2. The Bertz CT molecular complexity index is 2730. The van der Waals surface area contributed by atoms with E-state index in [1.807, 2.05) is 163 Å². The van der Waals surface area contributed by atoms with Gasteiger partial charge in [0, 0.05) is 55.9 Å². The third-order valence-corrected chi connectivity index (χ3v) is 15.5. The van der Waals surface area contributed by atoms with Gasteiger partial charge in [-0.15, -0.1) is 0 Å². The Morgan fingerprint density at radius 2 is 0.719 bits per heavy atom. The summed E-state index contributed by atoms with van der Waals surface area (Å²) in [4.78, 5) is 124. The van der Waals surface area contributed by atoms with Crippen LogP contribution in [0.15, 0.2) is 121 Å². The summed E-state index contributed by atoms with van der Waals surface area (Å²) in [5, 5.41) is 21.7. The molecule has 0 aliphatic carbocycles. The first kappa shape index (κ1) is 77.8. The van der Waals surface area contributed by atoms with Crippen molar-refractivity contribution in [3.63, 3.8) is 0 Å². The topological polar surface area (TPSA) is 326 Å². The van der Waals surface area contributed by atoms with Crippen LogP contribution in [0, 0.1) is 35.5 Å². The maximum atomic E-state index is 14.3. The van der Waals surface area contributed by atoms with Crippen LogP contribution in [0.2, 0.25) is 0 Å². The second-order valence-corrected chi connectivity index (χ2v) is 23.9. The molecule has 0 aliphatic heterocycles. The van der Waals surface area contributed by atoms with Crippen LogP contribution >= 0.6 is 0 Å². The van der Waals surface area contributed by atoms with Crippen LogP contribution in [0.4, 0.5) is 0 Å². The number of hydrogen-bond acceptors (Lipinski definition) is 13. The summed E-state index contributed by atoms with van der Waals surface area (Å²) in [6.45, 7) is 12.3. The summed E-state index contributed by atoms with van der Waals surface area (Å²) >= 11 is 0. The van der Waals surface area contributed by atoms with Gasteiger partial charge in [0.15, 0.2) is 23.1 Å². The molecule has 9 atom stereocenters. The lowest BCUT2D eigenvalue weighted by molar-refractivity contribution is -0.143. The number of Topliss-reactive ketones (excluding diaryl/α,β-unsaturated/α-hetero) is 4.